The lowest BCUT2D eigenvalue weighted by Crippen LogP contribution is -2.43. The van der Waals surface area contributed by atoms with Crippen LogP contribution < -0.4 is 0 Å². The molecule has 1 aliphatic heterocycles. The quantitative estimate of drug-likeness (QED) is 0.899. The highest BCUT2D eigenvalue weighted by Gasteiger charge is 2.28. The van der Waals surface area contributed by atoms with Crippen LogP contribution in [0.4, 0.5) is 4.79 Å². The van der Waals surface area contributed by atoms with Gasteiger partial charge < -0.3 is 19.5 Å². The van der Waals surface area contributed by atoms with Crippen molar-refractivity contribution in [3.05, 3.63) is 35.9 Å². The Hall–Kier alpha value is -2.08. The topological polar surface area (TPSA) is 76.1 Å². The first-order valence-corrected chi connectivity index (χ1v) is 7.35. The number of carboxylic acid groups (broad SMARTS) is 1. The van der Waals surface area contributed by atoms with Crippen LogP contribution >= 0.6 is 0 Å². The first kappa shape index (κ1) is 16.3. The second kappa shape index (κ2) is 7.79. The van der Waals surface area contributed by atoms with E-state index in [4.69, 9.17) is 9.47 Å². The first-order valence-electron chi connectivity index (χ1n) is 7.35. The Morgan fingerprint density at radius 3 is 2.45 bits per heavy atom. The number of carboxylic acids is 1. The van der Waals surface area contributed by atoms with Crippen LogP contribution in [0.1, 0.15) is 18.4 Å². The van der Waals surface area contributed by atoms with Gasteiger partial charge in [0, 0.05) is 26.6 Å². The number of ether oxygens (including phenoxy) is 2. The summed E-state index contributed by atoms with van der Waals surface area (Å²) < 4.78 is 10.4. The van der Waals surface area contributed by atoms with Gasteiger partial charge in [-0.15, -0.1) is 0 Å². The Morgan fingerprint density at radius 1 is 1.27 bits per heavy atom. The number of piperidine rings is 1. The van der Waals surface area contributed by atoms with Gasteiger partial charge in [0.2, 0.25) is 6.10 Å². The molecule has 0 spiro atoms. The van der Waals surface area contributed by atoms with Crippen molar-refractivity contribution < 1.29 is 24.2 Å². The lowest BCUT2D eigenvalue weighted by atomic mass is 10.1. The van der Waals surface area contributed by atoms with E-state index < -0.39 is 18.2 Å². The average Bonchev–Trinajstić information content (AvgIpc) is 2.55. The predicted octanol–water partition coefficient (Wildman–Crippen LogP) is 1.93. The lowest BCUT2D eigenvalue weighted by Gasteiger charge is -2.31. The standard InChI is InChI=1S/C16H21NO5/c1-21-13-7-9-17(10-8-13)16(20)22-14(15(18)19)11-12-5-3-2-4-6-12/h2-6,13-14H,7-11H2,1H3,(H,18,19)/t14-/m0/s1. The zero-order chi connectivity index (χ0) is 15.9. The Balaban J connectivity index is 1.91. The number of hydrogen-bond acceptors (Lipinski definition) is 4. The molecule has 1 N–H and O–H groups in total. The fraction of sp³-hybridized carbons (Fsp3) is 0.500. The molecule has 22 heavy (non-hydrogen) atoms. The van der Waals surface area contributed by atoms with Gasteiger partial charge in [0.25, 0.3) is 0 Å². The third-order valence-corrected chi connectivity index (χ3v) is 3.82. The summed E-state index contributed by atoms with van der Waals surface area (Å²) >= 11 is 0. The third-order valence-electron chi connectivity index (χ3n) is 3.82. The molecule has 0 aliphatic carbocycles. The zero-order valence-corrected chi connectivity index (χ0v) is 12.6. The molecule has 1 saturated heterocycles. The first-order chi connectivity index (χ1) is 10.6. The maximum Gasteiger partial charge on any atom is 0.410 e. The summed E-state index contributed by atoms with van der Waals surface area (Å²) in [6.45, 7) is 1.05. The molecule has 0 bridgehead atoms. The van der Waals surface area contributed by atoms with E-state index in [2.05, 4.69) is 0 Å². The van der Waals surface area contributed by atoms with Crippen molar-refractivity contribution in [1.82, 2.24) is 4.90 Å². The number of nitrogens with zero attached hydrogens (tertiary/aromatic N) is 1. The van der Waals surface area contributed by atoms with Gasteiger partial charge in [-0.2, -0.15) is 0 Å². The molecule has 1 aromatic carbocycles. The van der Waals surface area contributed by atoms with Crippen molar-refractivity contribution in [1.29, 1.82) is 0 Å². The number of aliphatic carboxylic acids is 1. The molecular formula is C16H21NO5. The van der Waals surface area contributed by atoms with Crippen LogP contribution in [0.3, 0.4) is 0 Å². The van der Waals surface area contributed by atoms with Crippen molar-refractivity contribution in [3.63, 3.8) is 0 Å². The number of carbonyl (C=O) groups excluding carboxylic acids is 1. The largest absolute Gasteiger partial charge is 0.478 e. The smallest absolute Gasteiger partial charge is 0.410 e. The van der Waals surface area contributed by atoms with Crippen molar-refractivity contribution in [3.8, 4) is 0 Å². The van der Waals surface area contributed by atoms with Crippen molar-refractivity contribution in [2.45, 2.75) is 31.5 Å². The Labute approximate surface area is 129 Å². The maximum atomic E-state index is 12.1. The van der Waals surface area contributed by atoms with Gasteiger partial charge in [0.1, 0.15) is 0 Å². The van der Waals surface area contributed by atoms with E-state index in [0.717, 1.165) is 18.4 Å². The number of rotatable bonds is 5. The highest BCUT2D eigenvalue weighted by molar-refractivity contribution is 5.77. The Morgan fingerprint density at radius 2 is 1.91 bits per heavy atom. The monoisotopic (exact) mass is 307 g/mol. The van der Waals surface area contributed by atoms with Gasteiger partial charge in [0.05, 0.1) is 6.10 Å². The number of benzene rings is 1. The van der Waals surface area contributed by atoms with Gasteiger partial charge in [0.15, 0.2) is 0 Å². The minimum Gasteiger partial charge on any atom is -0.478 e. The Kier molecular flexibility index (Phi) is 5.77. The van der Waals surface area contributed by atoms with Crippen molar-refractivity contribution >= 4 is 12.1 Å². The molecule has 2 rings (SSSR count). The van der Waals surface area contributed by atoms with Gasteiger partial charge in [-0.3, -0.25) is 0 Å². The summed E-state index contributed by atoms with van der Waals surface area (Å²) in [5.74, 6) is -1.14. The summed E-state index contributed by atoms with van der Waals surface area (Å²) in [5.41, 5.74) is 0.820. The second-order valence-electron chi connectivity index (χ2n) is 5.32. The van der Waals surface area contributed by atoms with Gasteiger partial charge in [-0.25, -0.2) is 9.59 Å². The van der Waals surface area contributed by atoms with Crippen LogP contribution in [-0.2, 0) is 20.7 Å². The summed E-state index contributed by atoms with van der Waals surface area (Å²) in [6.07, 6.45) is 0.0529. The predicted molar refractivity (Wildman–Crippen MR) is 79.7 cm³/mol. The fourth-order valence-corrected chi connectivity index (χ4v) is 2.48. The maximum absolute atomic E-state index is 12.1. The molecule has 120 valence electrons. The third kappa shape index (κ3) is 4.46. The van der Waals surface area contributed by atoms with E-state index in [1.165, 1.54) is 4.90 Å². The fourth-order valence-electron chi connectivity index (χ4n) is 2.48. The summed E-state index contributed by atoms with van der Waals surface area (Å²) in [7, 11) is 1.65. The molecule has 1 heterocycles. The van der Waals surface area contributed by atoms with E-state index in [1.807, 2.05) is 30.3 Å². The number of amides is 1. The highest BCUT2D eigenvalue weighted by atomic mass is 16.6. The molecule has 6 nitrogen and oxygen atoms in total. The van der Waals surface area contributed by atoms with Crippen LogP contribution in [0.25, 0.3) is 0 Å². The van der Waals surface area contributed by atoms with Gasteiger partial charge in [-0.1, -0.05) is 30.3 Å². The number of carbonyl (C=O) groups is 2. The molecule has 1 aromatic rings. The summed E-state index contributed by atoms with van der Waals surface area (Å²) in [6, 6.07) is 9.13. The minimum atomic E-state index is -1.17. The molecule has 0 aromatic heterocycles. The average molecular weight is 307 g/mol. The molecule has 1 amide bonds. The number of likely N-dealkylation sites (tertiary alicyclic amines) is 1. The Bertz CT molecular complexity index is 497. The second-order valence-corrected chi connectivity index (χ2v) is 5.32. The molecule has 0 saturated carbocycles. The SMILES string of the molecule is COC1CCN(C(=O)O[C@@H](Cc2ccccc2)C(=O)O)CC1. The van der Waals surface area contributed by atoms with Crippen LogP contribution in [-0.4, -0.2) is 54.5 Å². The number of methoxy groups -OCH3 is 1. The summed E-state index contributed by atoms with van der Waals surface area (Å²) in [5, 5.41) is 9.25. The van der Waals surface area contributed by atoms with E-state index in [0.29, 0.717) is 13.1 Å². The normalized spacial score (nSPS) is 17.0. The lowest BCUT2D eigenvalue weighted by molar-refractivity contribution is -0.147. The molecule has 0 radical (unpaired) electrons. The molecule has 0 unspecified atom stereocenters. The molecule has 6 heteroatoms. The molecule has 1 fully saturated rings. The van der Waals surface area contributed by atoms with Crippen molar-refractivity contribution in [2.24, 2.45) is 0 Å². The minimum absolute atomic E-state index is 0.156. The number of hydrogen-bond donors (Lipinski definition) is 1. The zero-order valence-electron chi connectivity index (χ0n) is 12.6. The van der Waals surface area contributed by atoms with Gasteiger partial charge in [-0.05, 0) is 18.4 Å². The van der Waals surface area contributed by atoms with Crippen molar-refractivity contribution in [2.75, 3.05) is 20.2 Å². The van der Waals surface area contributed by atoms with Gasteiger partial charge >= 0.3 is 12.1 Å². The van der Waals surface area contributed by atoms with E-state index in [-0.39, 0.29) is 12.5 Å². The van der Waals surface area contributed by atoms with Crippen LogP contribution in [0, 0.1) is 0 Å². The molecule has 1 atom stereocenters. The molecular weight excluding hydrogens is 286 g/mol. The van der Waals surface area contributed by atoms with Crippen LogP contribution in [0.2, 0.25) is 0 Å². The van der Waals surface area contributed by atoms with Crippen LogP contribution in [0.15, 0.2) is 30.3 Å². The van der Waals surface area contributed by atoms with E-state index in [9.17, 15) is 14.7 Å². The van der Waals surface area contributed by atoms with E-state index >= 15 is 0 Å². The highest BCUT2D eigenvalue weighted by Crippen LogP contribution is 2.15. The van der Waals surface area contributed by atoms with Crippen LogP contribution in [0.5, 0.6) is 0 Å². The van der Waals surface area contributed by atoms with E-state index in [1.54, 1.807) is 7.11 Å². The summed E-state index contributed by atoms with van der Waals surface area (Å²) in [4.78, 5) is 24.9. The molecule has 1 aliphatic rings.